The van der Waals surface area contributed by atoms with Crippen LogP contribution in [0.15, 0.2) is 108 Å². The maximum Gasteiger partial charge on any atom is 0.235 e. The SMILES string of the molecule is Cc1ccc2c(c1)c1nnc(SC(C)C(=O)N3CCN(C(c4ccccc4)c4ccccc4)CC3)nc1n2Cc1ccccc1F. The monoisotopic (exact) mass is 630 g/mol. The van der Waals surface area contributed by atoms with Gasteiger partial charge >= 0.3 is 0 Å². The molecule has 1 aliphatic heterocycles. The molecule has 7 rings (SSSR count). The molecule has 1 aliphatic rings. The number of hydrogen-bond acceptors (Lipinski definition) is 6. The fourth-order valence-electron chi connectivity index (χ4n) is 6.41. The summed E-state index contributed by atoms with van der Waals surface area (Å²) in [5.41, 5.74) is 6.37. The molecule has 0 radical (unpaired) electrons. The molecule has 2 aromatic heterocycles. The van der Waals surface area contributed by atoms with Crippen LogP contribution in [0.25, 0.3) is 22.1 Å². The first kappa shape index (κ1) is 30.1. The Bertz CT molecular complexity index is 1950. The van der Waals surface area contributed by atoms with Gasteiger partial charge in [-0.3, -0.25) is 9.69 Å². The third-order valence-corrected chi connectivity index (χ3v) is 9.68. The molecule has 4 aromatic carbocycles. The number of hydrogen-bond donors (Lipinski definition) is 0. The second kappa shape index (κ2) is 13.0. The topological polar surface area (TPSA) is 67.2 Å². The van der Waals surface area contributed by atoms with Gasteiger partial charge in [-0.2, -0.15) is 0 Å². The van der Waals surface area contributed by atoms with Gasteiger partial charge in [0.25, 0.3) is 0 Å². The Kier molecular flexibility index (Phi) is 8.51. The van der Waals surface area contributed by atoms with E-state index < -0.39 is 5.25 Å². The molecular formula is C37H35FN6OS. The first-order valence-electron chi connectivity index (χ1n) is 15.6. The molecule has 1 atom stereocenters. The van der Waals surface area contributed by atoms with Gasteiger partial charge < -0.3 is 9.47 Å². The number of nitrogens with zero attached hydrogens (tertiary/aromatic N) is 6. The number of halogens is 1. The average molecular weight is 631 g/mol. The average Bonchev–Trinajstić information content (AvgIpc) is 3.38. The molecule has 9 heteroatoms. The van der Waals surface area contributed by atoms with Crippen LogP contribution in [0.5, 0.6) is 0 Å². The number of amides is 1. The Labute approximate surface area is 272 Å². The predicted octanol–water partition coefficient (Wildman–Crippen LogP) is 6.89. The number of fused-ring (bicyclic) bond motifs is 3. The summed E-state index contributed by atoms with van der Waals surface area (Å²) in [5.74, 6) is -0.203. The summed E-state index contributed by atoms with van der Waals surface area (Å²) in [7, 11) is 0. The minimum Gasteiger partial charge on any atom is -0.339 e. The molecule has 1 fully saturated rings. The fraction of sp³-hybridized carbons (Fsp3) is 0.243. The van der Waals surface area contributed by atoms with Gasteiger partial charge in [0.05, 0.1) is 23.4 Å². The van der Waals surface area contributed by atoms with Crippen molar-refractivity contribution in [3.63, 3.8) is 0 Å². The van der Waals surface area contributed by atoms with E-state index in [-0.39, 0.29) is 17.8 Å². The molecule has 46 heavy (non-hydrogen) atoms. The van der Waals surface area contributed by atoms with Gasteiger partial charge in [0.2, 0.25) is 11.1 Å². The Hall–Kier alpha value is -4.60. The predicted molar refractivity (Wildman–Crippen MR) is 181 cm³/mol. The van der Waals surface area contributed by atoms with Crippen molar-refractivity contribution in [3.05, 3.63) is 131 Å². The highest BCUT2D eigenvalue weighted by Gasteiger charge is 2.30. The molecule has 1 saturated heterocycles. The van der Waals surface area contributed by atoms with E-state index in [0.29, 0.717) is 41.5 Å². The molecule has 232 valence electrons. The van der Waals surface area contributed by atoms with Crippen molar-refractivity contribution in [2.24, 2.45) is 0 Å². The lowest BCUT2D eigenvalue weighted by atomic mass is 9.96. The first-order chi connectivity index (χ1) is 22.5. The number of piperazine rings is 1. The van der Waals surface area contributed by atoms with Crippen molar-refractivity contribution >= 4 is 39.7 Å². The van der Waals surface area contributed by atoms with E-state index in [2.05, 4.69) is 69.7 Å². The van der Waals surface area contributed by atoms with Gasteiger partial charge in [-0.1, -0.05) is 102 Å². The van der Waals surface area contributed by atoms with Crippen LogP contribution in [-0.4, -0.2) is 66.9 Å². The Balaban J connectivity index is 1.09. The molecular weight excluding hydrogens is 596 g/mol. The Morgan fingerprint density at radius 1 is 0.848 bits per heavy atom. The molecule has 0 N–H and O–H groups in total. The third kappa shape index (κ3) is 6.00. The second-order valence-electron chi connectivity index (χ2n) is 11.8. The molecule has 1 amide bonds. The summed E-state index contributed by atoms with van der Waals surface area (Å²) < 4.78 is 16.7. The number of carbonyl (C=O) groups is 1. The van der Waals surface area contributed by atoms with Crippen LogP contribution in [0.4, 0.5) is 4.39 Å². The number of aromatic nitrogens is 4. The van der Waals surface area contributed by atoms with Crippen LogP contribution < -0.4 is 0 Å². The standard InChI is InChI=1S/C37H35FN6OS/c1-25-17-18-32-30(23-25)33-35(44(32)24-29-15-9-10-16-31(29)38)39-37(41-40-33)46-26(2)36(45)43-21-19-42(20-22-43)34(27-11-5-3-6-12-27)28-13-7-4-8-14-28/h3-18,23,26,34H,19-22,24H2,1-2H3. The molecule has 6 aromatic rings. The van der Waals surface area contributed by atoms with Gasteiger partial charge in [-0.05, 0) is 43.2 Å². The molecule has 3 heterocycles. The van der Waals surface area contributed by atoms with Gasteiger partial charge in [0.1, 0.15) is 11.3 Å². The summed E-state index contributed by atoms with van der Waals surface area (Å²) in [6.45, 7) is 7.09. The maximum atomic E-state index is 14.7. The second-order valence-corrected chi connectivity index (χ2v) is 13.1. The summed E-state index contributed by atoms with van der Waals surface area (Å²) in [5, 5.41) is 9.96. The third-order valence-electron chi connectivity index (χ3n) is 8.74. The van der Waals surface area contributed by atoms with Crippen LogP contribution >= 0.6 is 11.8 Å². The van der Waals surface area contributed by atoms with Crippen molar-refractivity contribution in [2.75, 3.05) is 26.2 Å². The highest BCUT2D eigenvalue weighted by Crippen LogP contribution is 2.32. The number of benzene rings is 4. The van der Waals surface area contributed by atoms with Crippen LogP contribution in [0.3, 0.4) is 0 Å². The number of carbonyl (C=O) groups excluding carboxylic acids is 1. The first-order valence-corrected chi connectivity index (χ1v) is 16.5. The number of thioether (sulfide) groups is 1. The zero-order chi connectivity index (χ0) is 31.6. The summed E-state index contributed by atoms with van der Waals surface area (Å²) in [4.78, 5) is 23.0. The minimum atomic E-state index is -0.392. The molecule has 1 unspecified atom stereocenters. The summed E-state index contributed by atoms with van der Waals surface area (Å²) in [6, 6.07) is 34.2. The normalized spacial score (nSPS) is 14.7. The van der Waals surface area contributed by atoms with Crippen LogP contribution in [0, 0.1) is 12.7 Å². The van der Waals surface area contributed by atoms with E-state index in [1.54, 1.807) is 12.1 Å². The molecule has 0 bridgehead atoms. The smallest absolute Gasteiger partial charge is 0.235 e. The number of aryl methyl sites for hydroxylation is 1. The van der Waals surface area contributed by atoms with Crippen molar-refractivity contribution in [3.8, 4) is 0 Å². The van der Waals surface area contributed by atoms with E-state index in [0.717, 1.165) is 29.6 Å². The zero-order valence-corrected chi connectivity index (χ0v) is 26.7. The summed E-state index contributed by atoms with van der Waals surface area (Å²) in [6.07, 6.45) is 0. The van der Waals surface area contributed by atoms with Crippen LogP contribution in [0.1, 0.15) is 35.2 Å². The van der Waals surface area contributed by atoms with Crippen molar-refractivity contribution < 1.29 is 9.18 Å². The zero-order valence-electron chi connectivity index (χ0n) is 25.9. The highest BCUT2D eigenvalue weighted by molar-refractivity contribution is 8.00. The van der Waals surface area contributed by atoms with E-state index in [4.69, 9.17) is 4.98 Å². The van der Waals surface area contributed by atoms with Gasteiger partial charge in [0.15, 0.2) is 5.65 Å². The molecule has 0 spiro atoms. The minimum absolute atomic E-state index is 0.0619. The molecule has 0 aliphatic carbocycles. The lowest BCUT2D eigenvalue weighted by Gasteiger charge is -2.40. The largest absolute Gasteiger partial charge is 0.339 e. The van der Waals surface area contributed by atoms with Gasteiger partial charge in [0, 0.05) is 37.1 Å². The van der Waals surface area contributed by atoms with E-state index in [1.807, 2.05) is 53.6 Å². The quantitative estimate of drug-likeness (QED) is 0.171. The lowest BCUT2D eigenvalue weighted by Crippen LogP contribution is -2.51. The maximum absolute atomic E-state index is 14.7. The van der Waals surface area contributed by atoms with Crippen molar-refractivity contribution in [1.82, 2.24) is 29.5 Å². The van der Waals surface area contributed by atoms with Crippen molar-refractivity contribution in [1.29, 1.82) is 0 Å². The molecule has 0 saturated carbocycles. The van der Waals surface area contributed by atoms with Crippen LogP contribution in [-0.2, 0) is 11.3 Å². The Morgan fingerprint density at radius 2 is 1.50 bits per heavy atom. The van der Waals surface area contributed by atoms with Crippen molar-refractivity contribution in [2.45, 2.75) is 36.8 Å². The van der Waals surface area contributed by atoms with Gasteiger partial charge in [-0.25, -0.2) is 9.37 Å². The van der Waals surface area contributed by atoms with E-state index >= 15 is 0 Å². The fourth-order valence-corrected chi connectivity index (χ4v) is 7.21. The van der Waals surface area contributed by atoms with Crippen LogP contribution in [0.2, 0.25) is 0 Å². The van der Waals surface area contributed by atoms with Gasteiger partial charge in [-0.15, -0.1) is 10.2 Å². The lowest BCUT2D eigenvalue weighted by molar-refractivity contribution is -0.132. The summed E-state index contributed by atoms with van der Waals surface area (Å²) >= 11 is 1.32. The molecule has 7 nitrogen and oxygen atoms in total. The van der Waals surface area contributed by atoms with E-state index in [9.17, 15) is 9.18 Å². The number of rotatable bonds is 8. The Morgan fingerprint density at radius 3 is 2.17 bits per heavy atom. The highest BCUT2D eigenvalue weighted by atomic mass is 32.2. The van der Waals surface area contributed by atoms with E-state index in [1.165, 1.54) is 29.0 Å².